The Hall–Kier alpha value is -1.33. The fourth-order valence-electron chi connectivity index (χ4n) is 1.05. The van der Waals surface area contributed by atoms with Crippen LogP contribution < -0.4 is 10.1 Å². The highest BCUT2D eigenvalue weighted by molar-refractivity contribution is 9.10. The number of aliphatic imine (C=N–C) groups is 1. The molecular formula is C10H8BrF2N3OS. The minimum Gasteiger partial charge on any atom is -0.432 e. The smallest absolute Gasteiger partial charge is 0.387 e. The third-order valence-corrected chi connectivity index (χ3v) is 2.79. The molecule has 1 aromatic carbocycles. The average molecular weight is 336 g/mol. The Bertz CT molecular complexity index is 491. The molecule has 1 N–H and O–H groups in total. The van der Waals surface area contributed by atoms with Crippen molar-refractivity contribution >= 4 is 38.5 Å². The maximum absolute atomic E-state index is 12.2. The van der Waals surface area contributed by atoms with Crippen LogP contribution in [0.4, 0.5) is 14.5 Å². The van der Waals surface area contributed by atoms with E-state index in [0.29, 0.717) is 9.64 Å². The Kier molecular flexibility index (Phi) is 5.88. The summed E-state index contributed by atoms with van der Waals surface area (Å²) in [4.78, 5) is 4.03. The van der Waals surface area contributed by atoms with Crippen molar-refractivity contribution in [2.45, 2.75) is 6.61 Å². The average Bonchev–Trinajstić information content (AvgIpc) is 2.31. The highest BCUT2D eigenvalue weighted by atomic mass is 79.9. The van der Waals surface area contributed by atoms with Gasteiger partial charge in [-0.3, -0.25) is 5.32 Å². The normalized spacial score (nSPS) is 11.2. The van der Waals surface area contributed by atoms with Gasteiger partial charge in [0.05, 0.1) is 0 Å². The second-order valence-electron chi connectivity index (χ2n) is 2.85. The Balaban J connectivity index is 3.11. The molecule has 1 rings (SSSR count). The monoisotopic (exact) mass is 335 g/mol. The molecule has 0 radical (unpaired) electrons. The molecule has 0 aliphatic heterocycles. The maximum Gasteiger partial charge on any atom is 0.387 e. The first-order valence-electron chi connectivity index (χ1n) is 4.59. The molecular weight excluding hydrogens is 328 g/mol. The molecule has 8 heteroatoms. The van der Waals surface area contributed by atoms with Gasteiger partial charge in [-0.2, -0.15) is 14.0 Å². The summed E-state index contributed by atoms with van der Waals surface area (Å²) in [5.41, 5.74) is 0.214. The molecule has 96 valence electrons. The van der Waals surface area contributed by atoms with Gasteiger partial charge >= 0.3 is 6.61 Å². The number of thioether (sulfide) groups is 1. The van der Waals surface area contributed by atoms with E-state index in [0.717, 1.165) is 0 Å². The van der Waals surface area contributed by atoms with Crippen LogP contribution in [0, 0.1) is 11.5 Å². The van der Waals surface area contributed by atoms with Crippen LogP contribution in [0.2, 0.25) is 0 Å². The Morgan fingerprint density at radius 1 is 1.61 bits per heavy atom. The van der Waals surface area contributed by atoms with E-state index >= 15 is 0 Å². The zero-order valence-corrected chi connectivity index (χ0v) is 11.6. The summed E-state index contributed by atoms with van der Waals surface area (Å²) >= 11 is 4.34. The predicted octanol–water partition coefficient (Wildman–Crippen LogP) is 3.47. The second kappa shape index (κ2) is 7.18. The fourth-order valence-corrected chi connectivity index (χ4v) is 1.73. The van der Waals surface area contributed by atoms with Gasteiger partial charge in [-0.1, -0.05) is 27.7 Å². The van der Waals surface area contributed by atoms with Crippen molar-refractivity contribution in [2.24, 2.45) is 4.99 Å². The Labute approximate surface area is 115 Å². The number of hydrogen-bond donors (Lipinski definition) is 1. The van der Waals surface area contributed by atoms with Gasteiger partial charge in [0.15, 0.2) is 17.1 Å². The number of nitrogens with zero attached hydrogens (tertiary/aromatic N) is 2. The standard InChI is InChI=1S/C10H8BrF2N3OS/c1-18-10(15-5-14)16-7-3-2-6(11)4-8(7)17-9(12)13/h2-4,9H,1H3,(H,15,16). The lowest BCUT2D eigenvalue weighted by Crippen LogP contribution is -2.12. The largest absolute Gasteiger partial charge is 0.432 e. The van der Waals surface area contributed by atoms with Crippen LogP contribution in [0.15, 0.2) is 27.7 Å². The van der Waals surface area contributed by atoms with Crippen LogP contribution in [0.3, 0.4) is 0 Å². The van der Waals surface area contributed by atoms with E-state index in [4.69, 9.17) is 5.26 Å². The van der Waals surface area contributed by atoms with E-state index in [9.17, 15) is 8.78 Å². The van der Waals surface area contributed by atoms with Crippen LogP contribution in [0.1, 0.15) is 0 Å². The molecule has 0 unspecified atom stereocenters. The minimum atomic E-state index is -2.94. The highest BCUT2D eigenvalue weighted by Gasteiger charge is 2.10. The van der Waals surface area contributed by atoms with E-state index in [1.807, 2.05) is 0 Å². The molecule has 0 fully saturated rings. The number of ether oxygens (including phenoxy) is 1. The van der Waals surface area contributed by atoms with Crippen LogP contribution in [-0.2, 0) is 0 Å². The molecule has 0 saturated heterocycles. The number of amidine groups is 1. The third kappa shape index (κ3) is 4.50. The van der Waals surface area contributed by atoms with Crippen molar-refractivity contribution in [1.82, 2.24) is 5.32 Å². The van der Waals surface area contributed by atoms with E-state index in [1.54, 1.807) is 18.5 Å². The minimum absolute atomic E-state index is 0.0642. The first-order valence-corrected chi connectivity index (χ1v) is 6.60. The van der Waals surface area contributed by atoms with Gasteiger partial charge in [-0.25, -0.2) is 4.99 Å². The van der Waals surface area contributed by atoms with Crippen molar-refractivity contribution in [3.05, 3.63) is 22.7 Å². The maximum atomic E-state index is 12.2. The van der Waals surface area contributed by atoms with Crippen LogP contribution in [0.5, 0.6) is 5.75 Å². The van der Waals surface area contributed by atoms with E-state index in [-0.39, 0.29) is 11.4 Å². The predicted molar refractivity (Wildman–Crippen MR) is 70.1 cm³/mol. The molecule has 0 amide bonds. The van der Waals surface area contributed by atoms with Crippen molar-refractivity contribution in [3.8, 4) is 11.9 Å². The summed E-state index contributed by atoms with van der Waals surface area (Å²) in [6.45, 7) is -2.94. The molecule has 0 saturated carbocycles. The van der Waals surface area contributed by atoms with Crippen molar-refractivity contribution in [1.29, 1.82) is 5.26 Å². The number of alkyl halides is 2. The lowest BCUT2D eigenvalue weighted by molar-refractivity contribution is -0.0494. The second-order valence-corrected chi connectivity index (χ2v) is 4.56. The molecule has 0 heterocycles. The summed E-state index contributed by atoms with van der Waals surface area (Å²) in [6, 6.07) is 4.54. The Morgan fingerprint density at radius 3 is 2.89 bits per heavy atom. The number of hydrogen-bond acceptors (Lipinski definition) is 4. The molecule has 18 heavy (non-hydrogen) atoms. The van der Waals surface area contributed by atoms with Crippen molar-refractivity contribution in [2.75, 3.05) is 6.26 Å². The zero-order chi connectivity index (χ0) is 13.5. The first-order chi connectivity index (χ1) is 8.56. The number of nitrogens with one attached hydrogen (secondary N) is 1. The Morgan fingerprint density at radius 2 is 2.33 bits per heavy atom. The van der Waals surface area contributed by atoms with Crippen LogP contribution >= 0.6 is 27.7 Å². The SMILES string of the molecule is CSC(=Nc1ccc(Br)cc1OC(F)F)NC#N. The first kappa shape index (κ1) is 14.7. The number of halogens is 3. The molecule has 0 atom stereocenters. The molecule has 0 aliphatic rings. The van der Waals surface area contributed by atoms with E-state index < -0.39 is 6.61 Å². The van der Waals surface area contributed by atoms with Gasteiger partial charge in [0.1, 0.15) is 5.69 Å². The van der Waals surface area contributed by atoms with E-state index in [2.05, 4.69) is 31.0 Å². The van der Waals surface area contributed by atoms with E-state index in [1.165, 1.54) is 23.9 Å². The number of rotatable bonds is 3. The molecule has 0 aliphatic carbocycles. The lowest BCUT2D eigenvalue weighted by Gasteiger charge is -2.08. The number of nitriles is 1. The quantitative estimate of drug-likeness (QED) is 0.397. The fraction of sp³-hybridized carbons (Fsp3) is 0.200. The lowest BCUT2D eigenvalue weighted by atomic mass is 10.3. The highest BCUT2D eigenvalue weighted by Crippen LogP contribution is 2.32. The molecule has 0 spiro atoms. The summed E-state index contributed by atoms with van der Waals surface area (Å²) < 4.78 is 29.4. The van der Waals surface area contributed by atoms with Gasteiger partial charge in [0.25, 0.3) is 0 Å². The van der Waals surface area contributed by atoms with Crippen LogP contribution in [-0.4, -0.2) is 18.0 Å². The van der Waals surface area contributed by atoms with Gasteiger partial charge in [-0.05, 0) is 24.5 Å². The zero-order valence-electron chi connectivity index (χ0n) is 9.15. The van der Waals surface area contributed by atoms with Gasteiger partial charge < -0.3 is 4.74 Å². The topological polar surface area (TPSA) is 57.4 Å². The van der Waals surface area contributed by atoms with Gasteiger partial charge in [-0.15, -0.1) is 0 Å². The van der Waals surface area contributed by atoms with Gasteiger partial charge in [0, 0.05) is 4.47 Å². The number of benzene rings is 1. The molecule has 1 aromatic rings. The van der Waals surface area contributed by atoms with Crippen molar-refractivity contribution in [3.63, 3.8) is 0 Å². The summed E-state index contributed by atoms with van der Waals surface area (Å²) in [5, 5.41) is 11.1. The summed E-state index contributed by atoms with van der Waals surface area (Å²) in [5.74, 6) is -0.0642. The van der Waals surface area contributed by atoms with Crippen LogP contribution in [0.25, 0.3) is 0 Å². The third-order valence-electron chi connectivity index (χ3n) is 1.72. The van der Waals surface area contributed by atoms with Gasteiger partial charge in [0.2, 0.25) is 0 Å². The molecule has 0 aromatic heterocycles. The van der Waals surface area contributed by atoms with Crippen molar-refractivity contribution < 1.29 is 13.5 Å². The molecule has 4 nitrogen and oxygen atoms in total. The summed E-state index contributed by atoms with van der Waals surface area (Å²) in [7, 11) is 0. The summed E-state index contributed by atoms with van der Waals surface area (Å²) in [6.07, 6.45) is 3.41. The molecule has 0 bridgehead atoms.